The molecule has 0 aromatic heterocycles. The van der Waals surface area contributed by atoms with Crippen LogP contribution in [0.25, 0.3) is 0 Å². The minimum atomic E-state index is 0.146. The van der Waals surface area contributed by atoms with Crippen LogP contribution in [0.15, 0.2) is 54.6 Å². The second-order valence-electron chi connectivity index (χ2n) is 4.81. The fraction of sp³-hybridized carbons (Fsp3) is 0.250. The minimum absolute atomic E-state index is 0.146. The van der Waals surface area contributed by atoms with Crippen molar-refractivity contribution in [3.63, 3.8) is 0 Å². The summed E-state index contributed by atoms with van der Waals surface area (Å²) in [6.45, 7) is 2.56. The van der Waals surface area contributed by atoms with E-state index in [1.165, 1.54) is 11.3 Å². The molecule has 3 rings (SSSR count). The highest BCUT2D eigenvalue weighted by atomic mass is 16.5. The van der Waals surface area contributed by atoms with Crippen molar-refractivity contribution in [2.45, 2.75) is 6.10 Å². The lowest BCUT2D eigenvalue weighted by Crippen LogP contribution is -2.38. The summed E-state index contributed by atoms with van der Waals surface area (Å²) in [7, 11) is 0. The van der Waals surface area contributed by atoms with Gasteiger partial charge in [0, 0.05) is 24.5 Å². The number of nitrogen functional groups attached to an aromatic ring is 1. The second kappa shape index (κ2) is 5.33. The first-order valence-electron chi connectivity index (χ1n) is 6.60. The van der Waals surface area contributed by atoms with Gasteiger partial charge in [0.15, 0.2) is 0 Å². The number of morpholine rings is 1. The van der Waals surface area contributed by atoms with Gasteiger partial charge in [-0.05, 0) is 29.8 Å². The lowest BCUT2D eigenvalue weighted by molar-refractivity contribution is 0.0398. The number of nitrogens with two attached hydrogens (primary N) is 1. The number of benzene rings is 2. The molecule has 2 N–H and O–H groups in total. The van der Waals surface area contributed by atoms with Crippen LogP contribution in [-0.2, 0) is 4.74 Å². The second-order valence-corrected chi connectivity index (χ2v) is 4.81. The Morgan fingerprint density at radius 1 is 1.00 bits per heavy atom. The first kappa shape index (κ1) is 12.1. The van der Waals surface area contributed by atoms with Crippen LogP contribution in [-0.4, -0.2) is 19.7 Å². The van der Waals surface area contributed by atoms with E-state index < -0.39 is 0 Å². The third kappa shape index (κ3) is 2.71. The Kier molecular flexibility index (Phi) is 3.38. The molecular weight excluding hydrogens is 236 g/mol. The van der Waals surface area contributed by atoms with E-state index in [1.54, 1.807) is 0 Å². The van der Waals surface area contributed by atoms with Crippen molar-refractivity contribution in [2.75, 3.05) is 30.3 Å². The lowest BCUT2D eigenvalue weighted by Gasteiger charge is -2.34. The largest absolute Gasteiger partial charge is 0.399 e. The summed E-state index contributed by atoms with van der Waals surface area (Å²) in [5, 5.41) is 0. The van der Waals surface area contributed by atoms with Gasteiger partial charge in [-0.1, -0.05) is 30.3 Å². The van der Waals surface area contributed by atoms with Gasteiger partial charge in [0.05, 0.1) is 6.61 Å². The van der Waals surface area contributed by atoms with Crippen molar-refractivity contribution in [1.29, 1.82) is 0 Å². The third-order valence-corrected chi connectivity index (χ3v) is 3.50. The van der Waals surface area contributed by atoms with Crippen LogP contribution < -0.4 is 10.6 Å². The van der Waals surface area contributed by atoms with Crippen LogP contribution in [0.2, 0.25) is 0 Å². The van der Waals surface area contributed by atoms with E-state index in [4.69, 9.17) is 10.5 Å². The molecular formula is C16H18N2O. The Morgan fingerprint density at radius 2 is 1.74 bits per heavy atom. The zero-order valence-electron chi connectivity index (χ0n) is 10.8. The Balaban J connectivity index is 1.76. The van der Waals surface area contributed by atoms with Crippen LogP contribution in [0.3, 0.4) is 0 Å². The molecule has 98 valence electrons. The van der Waals surface area contributed by atoms with E-state index in [2.05, 4.69) is 41.3 Å². The first-order valence-corrected chi connectivity index (χ1v) is 6.60. The highest BCUT2D eigenvalue weighted by molar-refractivity contribution is 5.53. The lowest BCUT2D eigenvalue weighted by atomic mass is 10.1. The van der Waals surface area contributed by atoms with E-state index in [1.807, 2.05) is 18.2 Å². The molecule has 1 unspecified atom stereocenters. The van der Waals surface area contributed by atoms with Gasteiger partial charge in [0.2, 0.25) is 0 Å². The Bertz CT molecular complexity index is 524. The van der Waals surface area contributed by atoms with Crippen molar-refractivity contribution in [3.8, 4) is 0 Å². The van der Waals surface area contributed by atoms with Crippen LogP contribution >= 0.6 is 0 Å². The molecule has 1 fully saturated rings. The topological polar surface area (TPSA) is 38.5 Å². The molecule has 19 heavy (non-hydrogen) atoms. The average Bonchev–Trinajstić information content (AvgIpc) is 2.49. The monoisotopic (exact) mass is 254 g/mol. The molecule has 0 bridgehead atoms. The summed E-state index contributed by atoms with van der Waals surface area (Å²) in [5.74, 6) is 0. The molecule has 0 saturated carbocycles. The van der Waals surface area contributed by atoms with Crippen molar-refractivity contribution in [1.82, 2.24) is 0 Å². The van der Waals surface area contributed by atoms with Gasteiger partial charge in [0.1, 0.15) is 6.10 Å². The number of nitrogens with zero attached hydrogens (tertiary/aromatic N) is 1. The Hall–Kier alpha value is -2.00. The summed E-state index contributed by atoms with van der Waals surface area (Å²) < 4.78 is 5.87. The third-order valence-electron chi connectivity index (χ3n) is 3.50. The Morgan fingerprint density at radius 3 is 2.47 bits per heavy atom. The fourth-order valence-corrected chi connectivity index (χ4v) is 2.44. The zero-order chi connectivity index (χ0) is 13.1. The summed E-state index contributed by atoms with van der Waals surface area (Å²) in [5.41, 5.74) is 8.98. The average molecular weight is 254 g/mol. The van der Waals surface area contributed by atoms with Crippen LogP contribution in [0.1, 0.15) is 11.7 Å². The van der Waals surface area contributed by atoms with E-state index in [0.29, 0.717) is 0 Å². The molecule has 1 atom stereocenters. The smallest absolute Gasteiger partial charge is 0.100 e. The van der Waals surface area contributed by atoms with Gasteiger partial charge in [-0.15, -0.1) is 0 Å². The Labute approximate surface area is 113 Å². The molecule has 0 amide bonds. The quantitative estimate of drug-likeness (QED) is 0.837. The first-order chi connectivity index (χ1) is 9.33. The van der Waals surface area contributed by atoms with Gasteiger partial charge in [-0.3, -0.25) is 0 Å². The van der Waals surface area contributed by atoms with Crippen LogP contribution in [0, 0.1) is 0 Å². The highest BCUT2D eigenvalue weighted by Crippen LogP contribution is 2.26. The van der Waals surface area contributed by atoms with Crippen LogP contribution in [0.5, 0.6) is 0 Å². The van der Waals surface area contributed by atoms with Crippen molar-refractivity contribution >= 4 is 11.4 Å². The number of ether oxygens (including phenoxy) is 1. The summed E-state index contributed by atoms with van der Waals surface area (Å²) in [6.07, 6.45) is 0.146. The van der Waals surface area contributed by atoms with Gasteiger partial charge in [-0.25, -0.2) is 0 Å². The van der Waals surface area contributed by atoms with Gasteiger partial charge < -0.3 is 15.4 Å². The van der Waals surface area contributed by atoms with E-state index in [-0.39, 0.29) is 6.10 Å². The van der Waals surface area contributed by atoms with E-state index in [0.717, 1.165) is 25.4 Å². The molecule has 1 aliphatic rings. The van der Waals surface area contributed by atoms with Crippen molar-refractivity contribution < 1.29 is 4.74 Å². The maximum Gasteiger partial charge on any atom is 0.100 e. The minimum Gasteiger partial charge on any atom is -0.399 e. The predicted octanol–water partition coefficient (Wildman–Crippen LogP) is 2.85. The summed E-state index contributed by atoms with van der Waals surface area (Å²) in [4.78, 5) is 2.35. The van der Waals surface area contributed by atoms with Gasteiger partial charge in [-0.2, -0.15) is 0 Å². The normalized spacial score (nSPS) is 19.4. The number of rotatable bonds is 2. The molecule has 1 aliphatic heterocycles. The number of anilines is 2. The van der Waals surface area contributed by atoms with Crippen molar-refractivity contribution in [3.05, 3.63) is 60.2 Å². The maximum absolute atomic E-state index is 5.87. The molecule has 1 heterocycles. The number of hydrogen-bond donors (Lipinski definition) is 1. The SMILES string of the molecule is Nc1ccc(N2CCOC(c3ccccc3)C2)cc1. The molecule has 2 aromatic rings. The number of hydrogen-bond acceptors (Lipinski definition) is 3. The molecule has 0 spiro atoms. The summed E-state index contributed by atoms with van der Waals surface area (Å²) in [6, 6.07) is 18.4. The molecule has 0 radical (unpaired) electrons. The standard InChI is InChI=1S/C16H18N2O/c17-14-6-8-15(9-7-14)18-10-11-19-16(12-18)13-4-2-1-3-5-13/h1-9,16H,10-12,17H2. The maximum atomic E-state index is 5.87. The summed E-state index contributed by atoms with van der Waals surface area (Å²) >= 11 is 0. The molecule has 1 saturated heterocycles. The van der Waals surface area contributed by atoms with E-state index >= 15 is 0 Å². The molecule has 0 aliphatic carbocycles. The molecule has 3 nitrogen and oxygen atoms in total. The highest BCUT2D eigenvalue weighted by Gasteiger charge is 2.21. The predicted molar refractivity (Wildman–Crippen MR) is 78.2 cm³/mol. The van der Waals surface area contributed by atoms with Gasteiger partial charge in [0.25, 0.3) is 0 Å². The molecule has 3 heteroatoms. The van der Waals surface area contributed by atoms with Gasteiger partial charge >= 0.3 is 0 Å². The van der Waals surface area contributed by atoms with E-state index in [9.17, 15) is 0 Å². The zero-order valence-corrected chi connectivity index (χ0v) is 10.8. The van der Waals surface area contributed by atoms with Crippen LogP contribution in [0.4, 0.5) is 11.4 Å². The molecule has 2 aromatic carbocycles. The van der Waals surface area contributed by atoms with Crippen molar-refractivity contribution in [2.24, 2.45) is 0 Å². The fourth-order valence-electron chi connectivity index (χ4n) is 2.44.